The van der Waals surface area contributed by atoms with Crippen LogP contribution in [0.25, 0.3) is 0 Å². The lowest BCUT2D eigenvalue weighted by Crippen LogP contribution is -2.46. The molecule has 1 aromatic carbocycles. The number of ether oxygens (including phenoxy) is 1. The molecule has 0 aromatic heterocycles. The normalized spacial score (nSPS) is 27.1. The lowest BCUT2D eigenvalue weighted by molar-refractivity contribution is 0.0448. The van der Waals surface area contributed by atoms with Crippen LogP contribution >= 0.6 is 0 Å². The number of benzene rings is 1. The number of β-amino-alcohol motifs (C(OH)–C–C–N with tert-alkyl or cyclic N) is 1. The zero-order chi connectivity index (χ0) is 16.0. The first-order valence-electron chi connectivity index (χ1n) is 8.54. The number of aliphatic imine (C=N–C) groups is 1. The summed E-state index contributed by atoms with van der Waals surface area (Å²) in [4.78, 5) is 9.13. The molecule has 3 aliphatic rings. The molecule has 1 aromatic rings. The Morgan fingerprint density at radius 2 is 2.17 bits per heavy atom. The fraction of sp³-hybridized carbons (Fsp3) is 0.611. The van der Waals surface area contributed by atoms with Gasteiger partial charge in [0.25, 0.3) is 0 Å². The van der Waals surface area contributed by atoms with Crippen LogP contribution in [0.2, 0.25) is 0 Å². The quantitative estimate of drug-likeness (QED) is 0.930. The van der Waals surface area contributed by atoms with Crippen molar-refractivity contribution >= 4 is 17.6 Å². The van der Waals surface area contributed by atoms with E-state index in [4.69, 9.17) is 4.74 Å². The molecule has 23 heavy (non-hydrogen) atoms. The van der Waals surface area contributed by atoms with Crippen LogP contribution < -0.4 is 14.5 Å². The van der Waals surface area contributed by atoms with Crippen molar-refractivity contribution in [3.8, 4) is 5.75 Å². The van der Waals surface area contributed by atoms with Gasteiger partial charge in [0, 0.05) is 30.9 Å². The maximum Gasteiger partial charge on any atom is 0.166 e. The molecule has 124 valence electrons. The Hall–Kier alpha value is -1.75. The molecule has 1 saturated heterocycles. The van der Waals surface area contributed by atoms with E-state index in [0.717, 1.165) is 43.1 Å². The Labute approximate surface area is 137 Å². The second kappa shape index (κ2) is 5.41. The maximum atomic E-state index is 10.4. The van der Waals surface area contributed by atoms with Crippen molar-refractivity contribution in [2.45, 2.75) is 44.2 Å². The average molecular weight is 315 g/mol. The van der Waals surface area contributed by atoms with Gasteiger partial charge in [-0.2, -0.15) is 0 Å². The largest absolute Gasteiger partial charge is 0.492 e. The standard InChI is InChI=1S/C18H25N3O2/c1-18(22)8-3-9-20(11-18)15-7-4-13-10-19-12-21(14-5-6-14)16(13)17(15)23-2/h4,7,10,14,22H,3,5-6,8-9,11-12H2,1-2H3. The van der Waals surface area contributed by atoms with Crippen molar-refractivity contribution in [2.24, 2.45) is 4.99 Å². The zero-order valence-corrected chi connectivity index (χ0v) is 14.0. The Morgan fingerprint density at radius 3 is 2.87 bits per heavy atom. The number of rotatable bonds is 3. The van der Waals surface area contributed by atoms with E-state index in [0.29, 0.717) is 12.6 Å². The molecule has 1 saturated carbocycles. The minimum absolute atomic E-state index is 0.597. The number of methoxy groups -OCH3 is 1. The Kier molecular flexibility index (Phi) is 3.48. The number of piperidine rings is 1. The van der Waals surface area contributed by atoms with Crippen LogP contribution in [-0.2, 0) is 0 Å². The highest BCUT2D eigenvalue weighted by Crippen LogP contribution is 2.46. The average Bonchev–Trinajstić information content (AvgIpc) is 3.37. The van der Waals surface area contributed by atoms with Gasteiger partial charge in [0.1, 0.15) is 6.67 Å². The molecular formula is C18H25N3O2. The van der Waals surface area contributed by atoms with Gasteiger partial charge in [0.15, 0.2) is 5.75 Å². The van der Waals surface area contributed by atoms with E-state index in [9.17, 15) is 5.11 Å². The number of aliphatic hydroxyl groups is 1. The fourth-order valence-corrected chi connectivity index (χ4v) is 3.83. The molecule has 2 fully saturated rings. The van der Waals surface area contributed by atoms with Crippen LogP contribution in [0.3, 0.4) is 0 Å². The second-order valence-electron chi connectivity index (χ2n) is 7.23. The minimum atomic E-state index is -0.628. The number of hydrogen-bond acceptors (Lipinski definition) is 5. The first kappa shape index (κ1) is 14.8. The monoisotopic (exact) mass is 315 g/mol. The summed E-state index contributed by atoms with van der Waals surface area (Å²) in [6.45, 7) is 4.25. The topological polar surface area (TPSA) is 48.3 Å². The molecule has 5 nitrogen and oxygen atoms in total. The molecule has 2 heterocycles. The summed E-state index contributed by atoms with van der Waals surface area (Å²) in [7, 11) is 1.75. The van der Waals surface area contributed by atoms with Crippen molar-refractivity contribution in [3.63, 3.8) is 0 Å². The summed E-state index contributed by atoms with van der Waals surface area (Å²) in [5.41, 5.74) is 2.77. The molecule has 1 N–H and O–H groups in total. The van der Waals surface area contributed by atoms with Gasteiger partial charge >= 0.3 is 0 Å². The molecule has 0 spiro atoms. The number of nitrogens with zero attached hydrogens (tertiary/aromatic N) is 3. The van der Waals surface area contributed by atoms with Crippen LogP contribution in [0.5, 0.6) is 5.75 Å². The van der Waals surface area contributed by atoms with Crippen LogP contribution in [-0.4, -0.2) is 49.8 Å². The Bertz CT molecular complexity index is 637. The Morgan fingerprint density at radius 1 is 1.35 bits per heavy atom. The van der Waals surface area contributed by atoms with Crippen molar-refractivity contribution in [1.29, 1.82) is 0 Å². The molecule has 0 amide bonds. The first-order valence-corrected chi connectivity index (χ1v) is 8.54. The summed E-state index contributed by atoms with van der Waals surface area (Å²) in [5.74, 6) is 0.929. The van der Waals surface area contributed by atoms with Crippen LogP contribution in [0.1, 0.15) is 38.2 Å². The molecule has 4 rings (SSSR count). The molecule has 5 heteroatoms. The van der Waals surface area contributed by atoms with Crippen molar-refractivity contribution in [3.05, 3.63) is 17.7 Å². The van der Waals surface area contributed by atoms with Gasteiger partial charge in [-0.3, -0.25) is 4.99 Å². The fourth-order valence-electron chi connectivity index (χ4n) is 3.83. The second-order valence-corrected chi connectivity index (χ2v) is 7.23. The number of anilines is 2. The molecule has 2 aliphatic heterocycles. The number of hydrogen-bond donors (Lipinski definition) is 1. The highest BCUT2D eigenvalue weighted by atomic mass is 16.5. The third-order valence-corrected chi connectivity index (χ3v) is 5.10. The van der Waals surface area contributed by atoms with E-state index in [1.165, 1.54) is 18.5 Å². The van der Waals surface area contributed by atoms with Crippen molar-refractivity contribution in [1.82, 2.24) is 0 Å². The third-order valence-electron chi connectivity index (χ3n) is 5.10. The highest BCUT2D eigenvalue weighted by molar-refractivity contribution is 5.95. The molecule has 1 atom stereocenters. The van der Waals surface area contributed by atoms with Crippen LogP contribution in [0.15, 0.2) is 17.1 Å². The van der Waals surface area contributed by atoms with Crippen molar-refractivity contribution in [2.75, 3.05) is 36.7 Å². The Balaban J connectivity index is 1.76. The van der Waals surface area contributed by atoms with E-state index in [2.05, 4.69) is 26.9 Å². The van der Waals surface area contributed by atoms with Gasteiger partial charge in [-0.05, 0) is 44.7 Å². The molecule has 0 bridgehead atoms. The van der Waals surface area contributed by atoms with E-state index >= 15 is 0 Å². The molecule has 1 unspecified atom stereocenters. The van der Waals surface area contributed by atoms with E-state index in [-0.39, 0.29) is 0 Å². The lowest BCUT2D eigenvalue weighted by Gasteiger charge is -2.40. The maximum absolute atomic E-state index is 10.4. The van der Waals surface area contributed by atoms with Gasteiger partial charge in [-0.15, -0.1) is 0 Å². The highest BCUT2D eigenvalue weighted by Gasteiger charge is 2.36. The van der Waals surface area contributed by atoms with Crippen LogP contribution in [0.4, 0.5) is 11.4 Å². The predicted octanol–water partition coefficient (Wildman–Crippen LogP) is 2.41. The summed E-state index contributed by atoms with van der Waals surface area (Å²) in [6.07, 6.45) is 6.28. The summed E-state index contributed by atoms with van der Waals surface area (Å²) >= 11 is 0. The van der Waals surface area contributed by atoms with Gasteiger partial charge < -0.3 is 19.6 Å². The SMILES string of the molecule is COc1c(N2CCCC(C)(O)C2)ccc2c1N(C1CC1)CN=C2. The first-order chi connectivity index (χ1) is 11.1. The van der Waals surface area contributed by atoms with Gasteiger partial charge in [0.05, 0.1) is 24.1 Å². The predicted molar refractivity (Wildman–Crippen MR) is 93.0 cm³/mol. The van der Waals surface area contributed by atoms with Crippen LogP contribution in [0, 0.1) is 0 Å². The van der Waals surface area contributed by atoms with Gasteiger partial charge in [0.2, 0.25) is 0 Å². The minimum Gasteiger partial charge on any atom is -0.492 e. The summed E-state index contributed by atoms with van der Waals surface area (Å²) in [6, 6.07) is 4.84. The van der Waals surface area contributed by atoms with Gasteiger partial charge in [-0.1, -0.05) is 0 Å². The molecule has 1 aliphatic carbocycles. The summed E-state index contributed by atoms with van der Waals surface area (Å²) in [5, 5.41) is 10.4. The van der Waals surface area contributed by atoms with E-state index in [1.54, 1.807) is 7.11 Å². The van der Waals surface area contributed by atoms with Gasteiger partial charge in [-0.25, -0.2) is 0 Å². The lowest BCUT2D eigenvalue weighted by atomic mass is 9.94. The summed E-state index contributed by atoms with van der Waals surface area (Å²) < 4.78 is 5.85. The smallest absolute Gasteiger partial charge is 0.166 e. The van der Waals surface area contributed by atoms with E-state index in [1.807, 2.05) is 13.1 Å². The number of fused-ring (bicyclic) bond motifs is 1. The zero-order valence-electron chi connectivity index (χ0n) is 14.0. The molecule has 0 radical (unpaired) electrons. The molecular weight excluding hydrogens is 290 g/mol. The third kappa shape index (κ3) is 2.67. The van der Waals surface area contributed by atoms with Crippen molar-refractivity contribution < 1.29 is 9.84 Å². The van der Waals surface area contributed by atoms with E-state index < -0.39 is 5.60 Å².